The van der Waals surface area contributed by atoms with E-state index in [1.54, 1.807) is 12.1 Å². The molecule has 2 rings (SSSR count). The molecule has 0 fully saturated rings. The van der Waals surface area contributed by atoms with Crippen LogP contribution in [0.15, 0.2) is 48.5 Å². The molecule has 104 valence electrons. The van der Waals surface area contributed by atoms with E-state index in [-0.39, 0.29) is 11.9 Å². The Labute approximate surface area is 119 Å². The molecule has 0 aromatic heterocycles. The highest BCUT2D eigenvalue weighted by Gasteiger charge is 2.11. The maximum Gasteiger partial charge on any atom is 0.251 e. The van der Waals surface area contributed by atoms with Crippen molar-refractivity contribution in [1.29, 1.82) is 0 Å². The number of aryl methyl sites for hydroxylation is 1. The van der Waals surface area contributed by atoms with Gasteiger partial charge in [0.05, 0.1) is 6.04 Å². The van der Waals surface area contributed by atoms with E-state index in [1.807, 2.05) is 50.2 Å². The van der Waals surface area contributed by atoms with Gasteiger partial charge < -0.3 is 11.1 Å². The fourth-order valence-corrected chi connectivity index (χ4v) is 2.01. The van der Waals surface area contributed by atoms with Gasteiger partial charge in [-0.05, 0) is 37.1 Å². The van der Waals surface area contributed by atoms with Crippen molar-refractivity contribution in [1.82, 2.24) is 5.32 Å². The summed E-state index contributed by atoms with van der Waals surface area (Å²) in [5.74, 6) is -0.0679. The van der Waals surface area contributed by atoms with Gasteiger partial charge in [-0.25, -0.2) is 0 Å². The molecule has 0 saturated carbocycles. The zero-order chi connectivity index (χ0) is 14.5. The number of carbonyl (C=O) groups excluding carboxylic acids is 1. The van der Waals surface area contributed by atoms with Gasteiger partial charge in [0.25, 0.3) is 5.91 Å². The van der Waals surface area contributed by atoms with Crippen LogP contribution in [0.5, 0.6) is 0 Å². The maximum atomic E-state index is 12.2. The average Bonchev–Trinajstić information content (AvgIpc) is 2.48. The zero-order valence-corrected chi connectivity index (χ0v) is 11.9. The maximum absolute atomic E-state index is 12.2. The number of amides is 1. The average molecular weight is 268 g/mol. The van der Waals surface area contributed by atoms with Crippen molar-refractivity contribution in [3.8, 4) is 0 Å². The molecule has 20 heavy (non-hydrogen) atoms. The van der Waals surface area contributed by atoms with Crippen molar-refractivity contribution in [2.24, 2.45) is 5.73 Å². The van der Waals surface area contributed by atoms with E-state index in [2.05, 4.69) is 5.32 Å². The molecule has 0 unspecified atom stereocenters. The van der Waals surface area contributed by atoms with Crippen LogP contribution in [0.3, 0.4) is 0 Å². The van der Waals surface area contributed by atoms with Gasteiger partial charge >= 0.3 is 0 Å². The normalized spacial score (nSPS) is 11.9. The Morgan fingerprint density at radius 1 is 1.10 bits per heavy atom. The van der Waals surface area contributed by atoms with Crippen LogP contribution in [0.1, 0.15) is 40.0 Å². The van der Waals surface area contributed by atoms with Gasteiger partial charge in [0, 0.05) is 12.1 Å². The number of nitrogens with two attached hydrogens (primary N) is 1. The van der Waals surface area contributed by atoms with E-state index in [0.717, 1.165) is 11.1 Å². The lowest BCUT2D eigenvalue weighted by molar-refractivity contribution is 0.0940. The first-order valence-corrected chi connectivity index (χ1v) is 6.76. The highest BCUT2D eigenvalue weighted by Crippen LogP contribution is 2.14. The lowest BCUT2D eigenvalue weighted by Crippen LogP contribution is -2.26. The first kappa shape index (κ1) is 14.3. The van der Waals surface area contributed by atoms with Crippen LogP contribution in [-0.2, 0) is 6.54 Å². The Balaban J connectivity index is 2.04. The van der Waals surface area contributed by atoms with E-state index < -0.39 is 0 Å². The molecule has 0 aliphatic heterocycles. The Morgan fingerprint density at radius 3 is 2.25 bits per heavy atom. The third-order valence-electron chi connectivity index (χ3n) is 3.38. The standard InChI is InChI=1S/C17H20N2O/c1-12-3-7-15(8-4-12)13(2)19-17(20)16-9-5-14(11-18)6-10-16/h3-10,13H,11,18H2,1-2H3,(H,19,20)/t13-/m0/s1. The first-order chi connectivity index (χ1) is 9.60. The van der Waals surface area contributed by atoms with Crippen molar-refractivity contribution < 1.29 is 4.79 Å². The summed E-state index contributed by atoms with van der Waals surface area (Å²) in [6.07, 6.45) is 0. The van der Waals surface area contributed by atoms with Gasteiger partial charge in [0.1, 0.15) is 0 Å². The highest BCUT2D eigenvalue weighted by atomic mass is 16.1. The van der Waals surface area contributed by atoms with Crippen LogP contribution in [-0.4, -0.2) is 5.91 Å². The Bertz CT molecular complexity index is 573. The second-order valence-electron chi connectivity index (χ2n) is 5.01. The first-order valence-electron chi connectivity index (χ1n) is 6.76. The molecule has 0 saturated heterocycles. The summed E-state index contributed by atoms with van der Waals surface area (Å²) in [7, 11) is 0. The fraction of sp³-hybridized carbons (Fsp3) is 0.235. The highest BCUT2D eigenvalue weighted by molar-refractivity contribution is 5.94. The van der Waals surface area contributed by atoms with Crippen LogP contribution in [0.4, 0.5) is 0 Å². The minimum atomic E-state index is -0.0679. The molecule has 0 heterocycles. The van der Waals surface area contributed by atoms with Crippen molar-refractivity contribution in [3.63, 3.8) is 0 Å². The summed E-state index contributed by atoms with van der Waals surface area (Å²) in [6.45, 7) is 4.52. The molecular formula is C17H20N2O. The summed E-state index contributed by atoms with van der Waals surface area (Å²) in [5.41, 5.74) is 9.53. The van der Waals surface area contributed by atoms with Crippen molar-refractivity contribution in [2.45, 2.75) is 26.4 Å². The minimum absolute atomic E-state index is 0.0164. The summed E-state index contributed by atoms with van der Waals surface area (Å²) < 4.78 is 0. The second-order valence-corrected chi connectivity index (χ2v) is 5.01. The second kappa shape index (κ2) is 6.35. The molecule has 0 spiro atoms. The summed E-state index contributed by atoms with van der Waals surface area (Å²) in [4.78, 5) is 12.2. The molecule has 1 amide bonds. The van der Waals surface area contributed by atoms with E-state index >= 15 is 0 Å². The number of benzene rings is 2. The molecule has 3 nitrogen and oxygen atoms in total. The van der Waals surface area contributed by atoms with Gasteiger partial charge in [0.15, 0.2) is 0 Å². The minimum Gasteiger partial charge on any atom is -0.346 e. The van der Waals surface area contributed by atoms with Crippen molar-refractivity contribution in [2.75, 3.05) is 0 Å². The molecule has 3 N–H and O–H groups in total. The van der Waals surface area contributed by atoms with Gasteiger partial charge in [0.2, 0.25) is 0 Å². The molecule has 0 radical (unpaired) electrons. The Morgan fingerprint density at radius 2 is 1.70 bits per heavy atom. The number of carbonyl (C=O) groups is 1. The van der Waals surface area contributed by atoms with Crippen LogP contribution < -0.4 is 11.1 Å². The van der Waals surface area contributed by atoms with E-state index in [1.165, 1.54) is 5.56 Å². The zero-order valence-electron chi connectivity index (χ0n) is 11.9. The number of hydrogen-bond acceptors (Lipinski definition) is 2. The monoisotopic (exact) mass is 268 g/mol. The van der Waals surface area contributed by atoms with Crippen LogP contribution in [0, 0.1) is 6.92 Å². The third kappa shape index (κ3) is 3.45. The predicted octanol–water partition coefficient (Wildman–Crippen LogP) is 2.94. The molecule has 2 aromatic carbocycles. The lowest BCUT2D eigenvalue weighted by Gasteiger charge is -2.14. The topological polar surface area (TPSA) is 55.1 Å². The summed E-state index contributed by atoms with van der Waals surface area (Å²) in [5, 5.41) is 3.00. The fourth-order valence-electron chi connectivity index (χ4n) is 2.01. The SMILES string of the molecule is Cc1ccc([C@H](C)NC(=O)c2ccc(CN)cc2)cc1. The molecular weight excluding hydrogens is 248 g/mol. The molecule has 3 heteroatoms. The van der Waals surface area contributed by atoms with E-state index in [9.17, 15) is 4.79 Å². The molecule has 2 aromatic rings. The Hall–Kier alpha value is -2.13. The molecule has 0 aliphatic carbocycles. The van der Waals surface area contributed by atoms with Crippen molar-refractivity contribution in [3.05, 3.63) is 70.8 Å². The molecule has 0 bridgehead atoms. The number of rotatable bonds is 4. The van der Waals surface area contributed by atoms with Gasteiger partial charge in [-0.2, -0.15) is 0 Å². The van der Waals surface area contributed by atoms with Crippen LogP contribution in [0.25, 0.3) is 0 Å². The number of hydrogen-bond donors (Lipinski definition) is 2. The van der Waals surface area contributed by atoms with Gasteiger partial charge in [-0.15, -0.1) is 0 Å². The number of nitrogens with one attached hydrogen (secondary N) is 1. The molecule has 1 atom stereocenters. The predicted molar refractivity (Wildman–Crippen MR) is 81.4 cm³/mol. The third-order valence-corrected chi connectivity index (χ3v) is 3.38. The smallest absolute Gasteiger partial charge is 0.251 e. The molecule has 0 aliphatic rings. The van der Waals surface area contributed by atoms with E-state index in [4.69, 9.17) is 5.73 Å². The summed E-state index contributed by atoms with van der Waals surface area (Å²) in [6, 6.07) is 15.5. The van der Waals surface area contributed by atoms with Crippen molar-refractivity contribution >= 4 is 5.91 Å². The van der Waals surface area contributed by atoms with Gasteiger partial charge in [-0.1, -0.05) is 42.0 Å². The van der Waals surface area contributed by atoms with Crippen LogP contribution in [0.2, 0.25) is 0 Å². The summed E-state index contributed by atoms with van der Waals surface area (Å²) >= 11 is 0. The Kier molecular flexibility index (Phi) is 4.53. The van der Waals surface area contributed by atoms with E-state index in [0.29, 0.717) is 12.1 Å². The van der Waals surface area contributed by atoms with Crippen LogP contribution >= 0.6 is 0 Å². The lowest BCUT2D eigenvalue weighted by atomic mass is 10.1. The quantitative estimate of drug-likeness (QED) is 0.895. The van der Waals surface area contributed by atoms with Gasteiger partial charge in [-0.3, -0.25) is 4.79 Å². The largest absolute Gasteiger partial charge is 0.346 e.